The van der Waals surface area contributed by atoms with E-state index < -0.39 is 0 Å². The minimum Gasteiger partial charge on any atom is -0.0837 e. The van der Waals surface area contributed by atoms with E-state index in [-0.39, 0.29) is 0 Å². The van der Waals surface area contributed by atoms with E-state index in [2.05, 4.69) is 162 Å². The van der Waals surface area contributed by atoms with Gasteiger partial charge in [-0.3, -0.25) is 0 Å². The number of fused-ring (bicyclic) bond motifs is 7. The molecule has 0 saturated heterocycles. The largest absolute Gasteiger partial charge is 0.0837 e. The van der Waals surface area contributed by atoms with Crippen molar-refractivity contribution in [1.82, 2.24) is 0 Å². The van der Waals surface area contributed by atoms with Crippen LogP contribution in [0, 0.1) is 0 Å². The molecule has 9 aromatic rings. The lowest BCUT2D eigenvalue weighted by molar-refractivity contribution is 1.61. The maximum Gasteiger partial charge on any atom is 0.0484 e. The van der Waals surface area contributed by atoms with Crippen LogP contribution in [0.25, 0.3) is 110 Å². The van der Waals surface area contributed by atoms with Gasteiger partial charge >= 0.3 is 0 Å². The Morgan fingerprint density at radius 3 is 1.56 bits per heavy atom. The molecular formula is C48H26BrCl. The highest BCUT2D eigenvalue weighted by Gasteiger charge is 2.32. The molecular weight excluding hydrogens is 692 g/mol. The Morgan fingerprint density at radius 2 is 0.840 bits per heavy atom. The summed E-state index contributed by atoms with van der Waals surface area (Å²) in [6, 6.07) is 57.7. The van der Waals surface area contributed by atoms with Crippen molar-refractivity contribution in [2.75, 3.05) is 0 Å². The first-order valence-corrected chi connectivity index (χ1v) is 18.2. The number of rotatable bonds is 3. The summed E-state index contributed by atoms with van der Waals surface area (Å²) in [6.45, 7) is 0. The summed E-state index contributed by atoms with van der Waals surface area (Å²) in [4.78, 5) is 0. The molecule has 50 heavy (non-hydrogen) atoms. The van der Waals surface area contributed by atoms with Gasteiger partial charge in [0.15, 0.2) is 0 Å². The van der Waals surface area contributed by atoms with Crippen LogP contribution >= 0.6 is 27.5 Å². The molecule has 2 aliphatic rings. The monoisotopic (exact) mass is 716 g/mol. The standard InChI is InChI=1S/C48H26BrCl/c49-28-20-21-37-41(26-28)43(27-10-2-1-3-11-27)47-39-18-9-17-35-32(23-25-40(45(35)39)48(47)46(37)38-14-6-7-19-42(38)50)31-22-24-36-30-13-5-4-12-29(30)33-15-8-16-34(31)44(33)36/h1-26H. The summed E-state index contributed by atoms with van der Waals surface area (Å²) in [5.41, 5.74) is 17.5. The van der Waals surface area contributed by atoms with Crippen molar-refractivity contribution in [3.8, 4) is 77.9 Å². The molecule has 11 rings (SSSR count). The van der Waals surface area contributed by atoms with E-state index in [0.717, 1.165) is 15.1 Å². The van der Waals surface area contributed by atoms with Gasteiger partial charge in [0.2, 0.25) is 0 Å². The van der Waals surface area contributed by atoms with E-state index in [1.165, 1.54) is 105 Å². The van der Waals surface area contributed by atoms with Gasteiger partial charge in [0.25, 0.3) is 0 Å². The third-order valence-electron chi connectivity index (χ3n) is 10.9. The third-order valence-corrected chi connectivity index (χ3v) is 11.7. The zero-order valence-electron chi connectivity index (χ0n) is 26.8. The lowest BCUT2D eigenvalue weighted by Gasteiger charge is -2.21. The predicted octanol–water partition coefficient (Wildman–Crippen LogP) is 14.9. The van der Waals surface area contributed by atoms with Crippen LogP contribution in [0.15, 0.2) is 162 Å². The fourth-order valence-electron chi connectivity index (χ4n) is 8.95. The summed E-state index contributed by atoms with van der Waals surface area (Å²) >= 11 is 10.9. The van der Waals surface area contributed by atoms with Gasteiger partial charge in [-0.05, 0) is 123 Å². The molecule has 0 nitrogen and oxygen atoms in total. The molecule has 0 heterocycles. The Labute approximate surface area is 303 Å². The highest BCUT2D eigenvalue weighted by atomic mass is 79.9. The molecule has 0 aliphatic heterocycles. The van der Waals surface area contributed by atoms with Crippen LogP contribution in [0.3, 0.4) is 0 Å². The zero-order chi connectivity index (χ0) is 33.1. The Hall–Kier alpha value is -5.47. The first kappa shape index (κ1) is 28.4. The molecule has 0 unspecified atom stereocenters. The van der Waals surface area contributed by atoms with Gasteiger partial charge in [-0.2, -0.15) is 0 Å². The Balaban J connectivity index is 1.27. The van der Waals surface area contributed by atoms with Crippen molar-refractivity contribution in [2.45, 2.75) is 0 Å². The van der Waals surface area contributed by atoms with Crippen LogP contribution in [0.2, 0.25) is 5.02 Å². The second kappa shape index (κ2) is 10.5. The quantitative estimate of drug-likeness (QED) is 0.171. The zero-order valence-corrected chi connectivity index (χ0v) is 29.1. The summed E-state index contributed by atoms with van der Waals surface area (Å²) in [6.07, 6.45) is 0. The molecule has 2 aliphatic carbocycles. The van der Waals surface area contributed by atoms with Gasteiger partial charge in [-0.25, -0.2) is 0 Å². The fourth-order valence-corrected chi connectivity index (χ4v) is 9.54. The number of hydrogen-bond donors (Lipinski definition) is 0. The summed E-state index contributed by atoms with van der Waals surface area (Å²) in [5.74, 6) is 0. The SMILES string of the molecule is Clc1ccccc1-c1c2c(c(-c3ccccc3)c3cc(Br)ccc13)-c1cccc3c(-c4ccc5c6c(cccc46)-c4ccccc4-5)ccc-2c13. The van der Waals surface area contributed by atoms with Gasteiger partial charge in [0.05, 0.1) is 0 Å². The average Bonchev–Trinajstić information content (AvgIpc) is 3.67. The third kappa shape index (κ3) is 3.77. The highest BCUT2D eigenvalue weighted by molar-refractivity contribution is 9.10. The van der Waals surface area contributed by atoms with Crippen LogP contribution in [0.4, 0.5) is 0 Å². The molecule has 0 spiro atoms. The summed E-state index contributed by atoms with van der Waals surface area (Å²) in [5, 5.41) is 8.36. The molecule has 0 atom stereocenters. The van der Waals surface area contributed by atoms with Crippen LogP contribution in [0.5, 0.6) is 0 Å². The molecule has 0 saturated carbocycles. The van der Waals surface area contributed by atoms with Crippen molar-refractivity contribution in [3.63, 3.8) is 0 Å². The molecule has 2 heteroatoms. The van der Waals surface area contributed by atoms with E-state index in [0.29, 0.717) is 0 Å². The molecule has 232 valence electrons. The normalized spacial score (nSPS) is 12.2. The maximum absolute atomic E-state index is 7.08. The van der Waals surface area contributed by atoms with Crippen LogP contribution in [-0.4, -0.2) is 0 Å². The Kier molecular flexibility index (Phi) is 5.97. The van der Waals surface area contributed by atoms with Crippen LogP contribution in [0.1, 0.15) is 0 Å². The van der Waals surface area contributed by atoms with Gasteiger partial charge in [-0.1, -0.05) is 167 Å². The number of halogens is 2. The fraction of sp³-hybridized carbons (Fsp3) is 0. The predicted molar refractivity (Wildman–Crippen MR) is 217 cm³/mol. The van der Waals surface area contributed by atoms with E-state index >= 15 is 0 Å². The highest BCUT2D eigenvalue weighted by Crippen LogP contribution is 2.59. The number of hydrogen-bond acceptors (Lipinski definition) is 0. The Bertz CT molecular complexity index is 2910. The lowest BCUT2D eigenvalue weighted by atomic mass is 9.82. The van der Waals surface area contributed by atoms with Crippen LogP contribution in [-0.2, 0) is 0 Å². The van der Waals surface area contributed by atoms with Crippen molar-refractivity contribution < 1.29 is 0 Å². The minimum atomic E-state index is 0.754. The topological polar surface area (TPSA) is 0 Å². The van der Waals surface area contributed by atoms with Crippen molar-refractivity contribution >= 4 is 59.8 Å². The molecule has 0 bridgehead atoms. The minimum absolute atomic E-state index is 0.754. The van der Waals surface area contributed by atoms with Crippen molar-refractivity contribution in [3.05, 3.63) is 167 Å². The van der Waals surface area contributed by atoms with E-state index in [1.807, 2.05) is 12.1 Å². The lowest BCUT2D eigenvalue weighted by Crippen LogP contribution is -1.94. The van der Waals surface area contributed by atoms with E-state index in [4.69, 9.17) is 11.6 Å². The molecule has 0 aromatic heterocycles. The van der Waals surface area contributed by atoms with E-state index in [1.54, 1.807) is 0 Å². The second-order valence-electron chi connectivity index (χ2n) is 13.4. The van der Waals surface area contributed by atoms with Gasteiger partial charge in [-0.15, -0.1) is 0 Å². The second-order valence-corrected chi connectivity index (χ2v) is 14.7. The van der Waals surface area contributed by atoms with Crippen molar-refractivity contribution in [2.24, 2.45) is 0 Å². The molecule has 0 N–H and O–H groups in total. The first-order chi connectivity index (χ1) is 24.7. The Morgan fingerprint density at radius 1 is 0.320 bits per heavy atom. The van der Waals surface area contributed by atoms with E-state index in [9.17, 15) is 0 Å². The number of benzene rings is 9. The van der Waals surface area contributed by atoms with Gasteiger partial charge < -0.3 is 0 Å². The van der Waals surface area contributed by atoms with Gasteiger partial charge in [0, 0.05) is 15.1 Å². The molecule has 9 aromatic carbocycles. The molecule has 0 fully saturated rings. The first-order valence-electron chi connectivity index (χ1n) is 17.0. The molecule has 0 amide bonds. The smallest absolute Gasteiger partial charge is 0.0484 e. The van der Waals surface area contributed by atoms with Crippen LogP contribution < -0.4 is 0 Å². The average molecular weight is 718 g/mol. The molecule has 0 radical (unpaired) electrons. The maximum atomic E-state index is 7.08. The van der Waals surface area contributed by atoms with Gasteiger partial charge in [0.1, 0.15) is 0 Å². The summed E-state index contributed by atoms with van der Waals surface area (Å²) in [7, 11) is 0. The summed E-state index contributed by atoms with van der Waals surface area (Å²) < 4.78 is 1.05. The van der Waals surface area contributed by atoms with Crippen molar-refractivity contribution in [1.29, 1.82) is 0 Å².